The molecule has 6 heteroatoms. The van der Waals surface area contributed by atoms with Crippen molar-refractivity contribution in [3.63, 3.8) is 0 Å². The van der Waals surface area contributed by atoms with E-state index in [1.165, 1.54) is 10.6 Å². The maximum absolute atomic E-state index is 12.3. The van der Waals surface area contributed by atoms with Crippen molar-refractivity contribution >= 4 is 21.6 Å². The number of amides is 1. The van der Waals surface area contributed by atoms with Gasteiger partial charge in [-0.3, -0.25) is 9.10 Å². The number of nitrogens with zero attached hydrogens (tertiary/aromatic N) is 1. The van der Waals surface area contributed by atoms with Gasteiger partial charge in [-0.2, -0.15) is 0 Å². The highest BCUT2D eigenvalue weighted by atomic mass is 32.2. The van der Waals surface area contributed by atoms with E-state index in [9.17, 15) is 13.2 Å². The van der Waals surface area contributed by atoms with E-state index in [1.54, 1.807) is 0 Å². The number of anilines is 1. The molecule has 0 aliphatic rings. The van der Waals surface area contributed by atoms with E-state index in [0.717, 1.165) is 5.56 Å². The Labute approximate surface area is 146 Å². The van der Waals surface area contributed by atoms with Gasteiger partial charge in [-0.15, -0.1) is 0 Å². The van der Waals surface area contributed by atoms with Gasteiger partial charge in [-0.25, -0.2) is 8.42 Å². The summed E-state index contributed by atoms with van der Waals surface area (Å²) in [4.78, 5) is 12.0. The lowest BCUT2D eigenvalue weighted by atomic mass is 9.86. The summed E-state index contributed by atoms with van der Waals surface area (Å²) in [7, 11) is -3.45. The maximum atomic E-state index is 12.3. The molecule has 0 radical (unpaired) electrons. The molecule has 24 heavy (non-hydrogen) atoms. The van der Waals surface area contributed by atoms with Crippen LogP contribution in [0.2, 0.25) is 0 Å². The Bertz CT molecular complexity index is 683. The molecule has 1 aromatic carbocycles. The minimum atomic E-state index is -3.45. The number of hydrogen-bond acceptors (Lipinski definition) is 3. The second-order valence-corrected chi connectivity index (χ2v) is 10.0. The van der Waals surface area contributed by atoms with Crippen LogP contribution in [0.25, 0.3) is 0 Å². The molecule has 0 saturated carbocycles. The first-order valence-electron chi connectivity index (χ1n) is 8.10. The molecule has 0 atom stereocenters. The third kappa shape index (κ3) is 5.51. The second-order valence-electron chi connectivity index (χ2n) is 8.11. The molecule has 136 valence electrons. The molecule has 0 bridgehead atoms. The SMILES string of the molecule is CC(C)(C)C(=O)NCCN(c1ccccc1C(C)(C)C)S(C)(=O)=O. The Balaban J connectivity index is 3.08. The third-order valence-corrected chi connectivity index (χ3v) is 4.84. The van der Waals surface area contributed by atoms with E-state index in [-0.39, 0.29) is 24.4 Å². The number of para-hydroxylation sites is 1. The summed E-state index contributed by atoms with van der Waals surface area (Å²) in [5.74, 6) is -0.0972. The van der Waals surface area contributed by atoms with Gasteiger partial charge < -0.3 is 5.32 Å². The van der Waals surface area contributed by atoms with Crippen molar-refractivity contribution in [3.05, 3.63) is 29.8 Å². The zero-order valence-electron chi connectivity index (χ0n) is 15.8. The fraction of sp³-hybridized carbons (Fsp3) is 0.611. The Morgan fingerprint density at radius 2 is 1.62 bits per heavy atom. The van der Waals surface area contributed by atoms with Crippen LogP contribution in [0.3, 0.4) is 0 Å². The van der Waals surface area contributed by atoms with E-state index < -0.39 is 15.4 Å². The Morgan fingerprint density at radius 1 is 1.08 bits per heavy atom. The van der Waals surface area contributed by atoms with Gasteiger partial charge in [0.2, 0.25) is 15.9 Å². The highest BCUT2D eigenvalue weighted by Crippen LogP contribution is 2.32. The average molecular weight is 355 g/mol. The molecule has 1 N–H and O–H groups in total. The van der Waals surface area contributed by atoms with Crippen LogP contribution < -0.4 is 9.62 Å². The molecule has 5 nitrogen and oxygen atoms in total. The summed E-state index contributed by atoms with van der Waals surface area (Å²) in [5.41, 5.74) is 0.933. The molecular formula is C18H30N2O3S. The van der Waals surface area contributed by atoms with E-state index in [2.05, 4.69) is 5.32 Å². The first-order chi connectivity index (χ1) is 10.7. The summed E-state index contributed by atoms with van der Waals surface area (Å²) < 4.78 is 26.0. The topological polar surface area (TPSA) is 66.5 Å². The molecule has 0 unspecified atom stereocenters. The van der Waals surface area contributed by atoms with E-state index in [1.807, 2.05) is 65.8 Å². The number of nitrogens with one attached hydrogen (secondary N) is 1. The molecule has 0 saturated heterocycles. The molecule has 0 fully saturated rings. The Hall–Kier alpha value is -1.56. The van der Waals surface area contributed by atoms with Crippen LogP contribution in [0.5, 0.6) is 0 Å². The van der Waals surface area contributed by atoms with Crippen LogP contribution in [0.1, 0.15) is 47.1 Å². The fourth-order valence-corrected chi connectivity index (χ4v) is 3.27. The van der Waals surface area contributed by atoms with Crippen molar-refractivity contribution in [1.82, 2.24) is 5.32 Å². The van der Waals surface area contributed by atoms with E-state index in [4.69, 9.17) is 0 Å². The molecule has 0 heterocycles. The summed E-state index contributed by atoms with van der Waals surface area (Å²) in [6, 6.07) is 7.50. The van der Waals surface area contributed by atoms with Gasteiger partial charge in [0.1, 0.15) is 0 Å². The Kier molecular flexibility index (Phi) is 6.09. The van der Waals surface area contributed by atoms with Crippen molar-refractivity contribution in [2.24, 2.45) is 5.41 Å². The van der Waals surface area contributed by atoms with Gasteiger partial charge in [0.15, 0.2) is 0 Å². The van der Waals surface area contributed by atoms with Gasteiger partial charge in [-0.1, -0.05) is 59.7 Å². The number of rotatable bonds is 5. The van der Waals surface area contributed by atoms with Crippen molar-refractivity contribution in [3.8, 4) is 0 Å². The summed E-state index contributed by atoms with van der Waals surface area (Å²) in [6.45, 7) is 12.1. The largest absolute Gasteiger partial charge is 0.354 e. The van der Waals surface area contributed by atoms with Crippen LogP contribution in [0.15, 0.2) is 24.3 Å². The number of carbonyl (C=O) groups excluding carboxylic acids is 1. The summed E-state index contributed by atoms with van der Waals surface area (Å²) in [5, 5.41) is 2.81. The van der Waals surface area contributed by atoms with Crippen LogP contribution in [0.4, 0.5) is 5.69 Å². The van der Waals surface area contributed by atoms with Gasteiger partial charge >= 0.3 is 0 Å². The van der Waals surface area contributed by atoms with Crippen molar-refractivity contribution in [2.75, 3.05) is 23.7 Å². The lowest BCUT2D eigenvalue weighted by Crippen LogP contribution is -2.42. The lowest BCUT2D eigenvalue weighted by Gasteiger charge is -2.30. The lowest BCUT2D eigenvalue weighted by molar-refractivity contribution is -0.128. The predicted molar refractivity (Wildman–Crippen MR) is 99.8 cm³/mol. The highest BCUT2D eigenvalue weighted by Gasteiger charge is 2.26. The van der Waals surface area contributed by atoms with Crippen LogP contribution in [0, 0.1) is 5.41 Å². The minimum Gasteiger partial charge on any atom is -0.354 e. The van der Waals surface area contributed by atoms with Crippen molar-refractivity contribution < 1.29 is 13.2 Å². The van der Waals surface area contributed by atoms with E-state index >= 15 is 0 Å². The predicted octanol–water partition coefficient (Wildman–Crippen LogP) is 2.91. The monoisotopic (exact) mass is 354 g/mol. The van der Waals surface area contributed by atoms with Crippen molar-refractivity contribution in [2.45, 2.75) is 47.0 Å². The number of hydrogen-bond donors (Lipinski definition) is 1. The molecule has 1 amide bonds. The first kappa shape index (κ1) is 20.5. The first-order valence-corrected chi connectivity index (χ1v) is 9.95. The quantitative estimate of drug-likeness (QED) is 0.884. The number of carbonyl (C=O) groups is 1. The molecule has 0 aromatic heterocycles. The van der Waals surface area contributed by atoms with E-state index in [0.29, 0.717) is 5.69 Å². The van der Waals surface area contributed by atoms with Gasteiger partial charge in [0.05, 0.1) is 18.5 Å². The summed E-state index contributed by atoms with van der Waals surface area (Å²) in [6.07, 6.45) is 1.19. The molecule has 0 aliphatic heterocycles. The smallest absolute Gasteiger partial charge is 0.232 e. The minimum absolute atomic E-state index is 0.0972. The van der Waals surface area contributed by atoms with Crippen LogP contribution in [-0.4, -0.2) is 33.7 Å². The molecular weight excluding hydrogens is 324 g/mol. The fourth-order valence-electron chi connectivity index (χ4n) is 2.33. The van der Waals surface area contributed by atoms with Gasteiger partial charge in [-0.05, 0) is 17.0 Å². The number of benzene rings is 1. The average Bonchev–Trinajstić information content (AvgIpc) is 2.40. The van der Waals surface area contributed by atoms with Gasteiger partial charge in [0, 0.05) is 12.0 Å². The number of sulfonamides is 1. The standard InChI is InChI=1S/C18H30N2O3S/c1-17(2,3)14-10-8-9-11-15(14)20(24(7,22)23)13-12-19-16(21)18(4,5)6/h8-11H,12-13H2,1-7H3,(H,19,21). The highest BCUT2D eigenvalue weighted by molar-refractivity contribution is 7.92. The molecule has 0 aliphatic carbocycles. The third-order valence-electron chi connectivity index (χ3n) is 3.66. The summed E-state index contributed by atoms with van der Waals surface area (Å²) >= 11 is 0. The molecule has 0 spiro atoms. The normalized spacial score (nSPS) is 12.8. The van der Waals surface area contributed by atoms with Crippen molar-refractivity contribution in [1.29, 1.82) is 0 Å². The molecule has 1 aromatic rings. The maximum Gasteiger partial charge on any atom is 0.232 e. The van der Waals surface area contributed by atoms with Crippen LogP contribution in [-0.2, 0) is 20.2 Å². The zero-order valence-corrected chi connectivity index (χ0v) is 16.6. The van der Waals surface area contributed by atoms with Gasteiger partial charge in [0.25, 0.3) is 0 Å². The zero-order chi connectivity index (χ0) is 18.8. The Morgan fingerprint density at radius 3 is 2.08 bits per heavy atom. The second kappa shape index (κ2) is 7.13. The van der Waals surface area contributed by atoms with Crippen LogP contribution >= 0.6 is 0 Å². The molecule has 1 rings (SSSR count).